The van der Waals surface area contributed by atoms with Crippen LogP contribution in [0, 0.1) is 0 Å². The molecule has 23 heavy (non-hydrogen) atoms. The first kappa shape index (κ1) is 15.0. The lowest BCUT2D eigenvalue weighted by Crippen LogP contribution is -2.21. The highest BCUT2D eigenvalue weighted by molar-refractivity contribution is 6.05. The molecule has 0 N–H and O–H groups in total. The van der Waals surface area contributed by atoms with Crippen LogP contribution in [0.4, 0.5) is 0 Å². The van der Waals surface area contributed by atoms with Crippen LogP contribution in [0.1, 0.15) is 20.7 Å². The van der Waals surface area contributed by atoms with Gasteiger partial charge in [0, 0.05) is 50.0 Å². The lowest BCUT2D eigenvalue weighted by Gasteiger charge is -2.11. The van der Waals surface area contributed by atoms with E-state index >= 15 is 0 Å². The predicted molar refractivity (Wildman–Crippen MR) is 89.6 cm³/mol. The molecule has 0 bridgehead atoms. The van der Waals surface area contributed by atoms with Crippen molar-refractivity contribution in [3.8, 4) is 11.1 Å². The van der Waals surface area contributed by atoms with Crippen LogP contribution in [0.25, 0.3) is 22.2 Å². The van der Waals surface area contributed by atoms with Gasteiger partial charge in [-0.2, -0.15) is 0 Å². The second kappa shape index (κ2) is 5.68. The van der Waals surface area contributed by atoms with Gasteiger partial charge in [0.05, 0.1) is 0 Å². The second-order valence-corrected chi connectivity index (χ2v) is 5.65. The van der Waals surface area contributed by atoms with E-state index < -0.39 is 0 Å². The molecule has 0 aliphatic rings. The average molecular weight is 307 g/mol. The number of hydrogen-bond acceptors (Lipinski definition) is 3. The minimum Gasteiger partial charge on any atom is -0.345 e. The molecule has 3 aromatic rings. The van der Waals surface area contributed by atoms with Gasteiger partial charge in [-0.25, -0.2) is 4.98 Å². The molecule has 0 fully saturated rings. The third-order valence-corrected chi connectivity index (χ3v) is 3.86. The van der Waals surface area contributed by atoms with Gasteiger partial charge in [-0.15, -0.1) is 0 Å². The summed E-state index contributed by atoms with van der Waals surface area (Å²) in [7, 11) is 5.32. The van der Waals surface area contributed by atoms with Gasteiger partial charge in [-0.05, 0) is 29.3 Å². The van der Waals surface area contributed by atoms with E-state index in [-0.39, 0.29) is 5.91 Å². The van der Waals surface area contributed by atoms with Gasteiger partial charge >= 0.3 is 0 Å². The van der Waals surface area contributed by atoms with Gasteiger partial charge < -0.3 is 9.47 Å². The molecule has 0 saturated carbocycles. The molecule has 1 aromatic carbocycles. The quantitative estimate of drug-likeness (QED) is 0.699. The number of rotatable bonds is 3. The molecule has 2 heterocycles. The SMILES string of the molecule is CN(C)C(=O)c1ccc(-c2ccnc3c2c(C=O)cn3C)cc1. The summed E-state index contributed by atoms with van der Waals surface area (Å²) in [6, 6.07) is 9.28. The molecule has 0 atom stereocenters. The summed E-state index contributed by atoms with van der Waals surface area (Å²) >= 11 is 0. The number of aryl methyl sites for hydroxylation is 1. The highest BCUT2D eigenvalue weighted by atomic mass is 16.2. The monoisotopic (exact) mass is 307 g/mol. The number of amides is 1. The zero-order valence-corrected chi connectivity index (χ0v) is 13.3. The number of carbonyl (C=O) groups is 2. The van der Waals surface area contributed by atoms with E-state index in [1.165, 1.54) is 0 Å². The molecule has 0 spiro atoms. The molecule has 5 nitrogen and oxygen atoms in total. The molecular weight excluding hydrogens is 290 g/mol. The van der Waals surface area contributed by atoms with E-state index in [1.807, 2.05) is 29.8 Å². The molecule has 2 aromatic heterocycles. The van der Waals surface area contributed by atoms with Gasteiger partial charge in [0.25, 0.3) is 5.91 Å². The summed E-state index contributed by atoms with van der Waals surface area (Å²) in [5, 5.41) is 0.830. The summed E-state index contributed by atoms with van der Waals surface area (Å²) in [5.74, 6) is -0.0373. The number of carbonyl (C=O) groups excluding carboxylic acids is 2. The highest BCUT2D eigenvalue weighted by Gasteiger charge is 2.14. The number of hydrogen-bond donors (Lipinski definition) is 0. The molecule has 0 radical (unpaired) electrons. The van der Waals surface area contributed by atoms with Crippen molar-refractivity contribution in [2.75, 3.05) is 14.1 Å². The summed E-state index contributed by atoms with van der Waals surface area (Å²) in [6.07, 6.45) is 4.35. The number of pyridine rings is 1. The predicted octanol–water partition coefficient (Wildman–Crippen LogP) is 2.75. The fraction of sp³-hybridized carbons (Fsp3) is 0.167. The van der Waals surface area contributed by atoms with Crippen molar-refractivity contribution in [2.24, 2.45) is 7.05 Å². The van der Waals surface area contributed by atoms with Crippen molar-refractivity contribution in [2.45, 2.75) is 0 Å². The van der Waals surface area contributed by atoms with Crippen LogP contribution in [-0.2, 0) is 7.05 Å². The Morgan fingerprint density at radius 1 is 1.17 bits per heavy atom. The van der Waals surface area contributed by atoms with Gasteiger partial charge in [0.2, 0.25) is 0 Å². The van der Waals surface area contributed by atoms with Crippen molar-refractivity contribution < 1.29 is 9.59 Å². The van der Waals surface area contributed by atoms with E-state index in [4.69, 9.17) is 0 Å². The molecule has 116 valence electrons. The Kier molecular flexibility index (Phi) is 3.70. The van der Waals surface area contributed by atoms with Crippen molar-refractivity contribution in [1.82, 2.24) is 14.5 Å². The van der Waals surface area contributed by atoms with Gasteiger partial charge in [0.1, 0.15) is 5.65 Å². The van der Waals surface area contributed by atoms with E-state index in [0.717, 1.165) is 28.4 Å². The smallest absolute Gasteiger partial charge is 0.253 e. The first-order valence-corrected chi connectivity index (χ1v) is 7.24. The minimum atomic E-state index is -0.0373. The van der Waals surface area contributed by atoms with E-state index in [2.05, 4.69) is 4.98 Å². The normalized spacial score (nSPS) is 10.7. The van der Waals surface area contributed by atoms with Crippen LogP contribution >= 0.6 is 0 Å². The first-order valence-electron chi connectivity index (χ1n) is 7.24. The summed E-state index contributed by atoms with van der Waals surface area (Å²) in [4.78, 5) is 29.2. The van der Waals surface area contributed by atoms with Gasteiger partial charge in [-0.1, -0.05) is 12.1 Å². The topological polar surface area (TPSA) is 55.2 Å². The standard InChI is InChI=1S/C18H17N3O2/c1-20(2)18(23)13-6-4-12(5-7-13)15-8-9-19-17-16(15)14(11-22)10-21(17)3/h4-11H,1-3H3. The molecule has 1 amide bonds. The maximum atomic E-state index is 12.0. The maximum absolute atomic E-state index is 12.0. The van der Waals surface area contributed by atoms with Crippen molar-refractivity contribution in [3.05, 3.63) is 53.9 Å². The lowest BCUT2D eigenvalue weighted by molar-refractivity contribution is 0.0827. The molecule has 3 rings (SSSR count). The Bertz CT molecular complexity index is 893. The van der Waals surface area contributed by atoms with Gasteiger partial charge in [0.15, 0.2) is 6.29 Å². The zero-order chi connectivity index (χ0) is 16.6. The molecule has 0 saturated heterocycles. The van der Waals surface area contributed by atoms with E-state index in [9.17, 15) is 9.59 Å². The van der Waals surface area contributed by atoms with Crippen LogP contribution < -0.4 is 0 Å². The van der Waals surface area contributed by atoms with Gasteiger partial charge in [-0.3, -0.25) is 9.59 Å². The first-order chi connectivity index (χ1) is 11.0. The molecular formula is C18H17N3O2. The Morgan fingerprint density at radius 2 is 1.87 bits per heavy atom. The van der Waals surface area contributed by atoms with Crippen LogP contribution in [0.2, 0.25) is 0 Å². The third kappa shape index (κ3) is 2.50. The maximum Gasteiger partial charge on any atom is 0.253 e. The Hall–Kier alpha value is -2.95. The average Bonchev–Trinajstić information content (AvgIpc) is 2.91. The summed E-state index contributed by atoms with van der Waals surface area (Å²) in [6.45, 7) is 0. The van der Waals surface area contributed by atoms with Crippen molar-refractivity contribution >= 4 is 23.2 Å². The molecule has 5 heteroatoms. The second-order valence-electron chi connectivity index (χ2n) is 5.65. The van der Waals surface area contributed by atoms with E-state index in [0.29, 0.717) is 11.1 Å². The Balaban J connectivity index is 2.14. The van der Waals surface area contributed by atoms with Crippen LogP contribution in [0.3, 0.4) is 0 Å². The summed E-state index contributed by atoms with van der Waals surface area (Å²) in [5.41, 5.74) is 3.88. The lowest BCUT2D eigenvalue weighted by atomic mass is 10.00. The molecule has 0 aliphatic carbocycles. The third-order valence-electron chi connectivity index (χ3n) is 3.86. The minimum absolute atomic E-state index is 0.0373. The Morgan fingerprint density at radius 3 is 2.48 bits per heavy atom. The van der Waals surface area contributed by atoms with Crippen molar-refractivity contribution in [3.63, 3.8) is 0 Å². The largest absolute Gasteiger partial charge is 0.345 e. The zero-order valence-electron chi connectivity index (χ0n) is 13.3. The number of nitrogens with zero attached hydrogens (tertiary/aromatic N) is 3. The van der Waals surface area contributed by atoms with Crippen LogP contribution in [0.15, 0.2) is 42.7 Å². The molecule has 0 unspecified atom stereocenters. The van der Waals surface area contributed by atoms with E-state index in [1.54, 1.807) is 43.5 Å². The Labute approximate surface area is 134 Å². The highest BCUT2D eigenvalue weighted by Crippen LogP contribution is 2.30. The number of fused-ring (bicyclic) bond motifs is 1. The molecule has 0 aliphatic heterocycles. The number of benzene rings is 1. The fourth-order valence-corrected chi connectivity index (χ4v) is 2.72. The van der Waals surface area contributed by atoms with Crippen LogP contribution in [0.5, 0.6) is 0 Å². The van der Waals surface area contributed by atoms with Crippen molar-refractivity contribution in [1.29, 1.82) is 0 Å². The fourth-order valence-electron chi connectivity index (χ4n) is 2.72. The number of aromatic nitrogens is 2. The summed E-state index contributed by atoms with van der Waals surface area (Å²) < 4.78 is 1.84. The van der Waals surface area contributed by atoms with Crippen LogP contribution in [-0.4, -0.2) is 40.7 Å². The number of aldehydes is 1.